The molecule has 1 aliphatic rings. The number of anilines is 1. The van der Waals surface area contributed by atoms with E-state index in [9.17, 15) is 9.18 Å². The summed E-state index contributed by atoms with van der Waals surface area (Å²) in [5.74, 6) is 0.122. The molecular formula is C20H22ClFN6O2S. The molecule has 4 rings (SSSR count). The lowest BCUT2D eigenvalue weighted by atomic mass is 10.2. The zero-order chi connectivity index (χ0) is 21.1. The minimum atomic E-state index is -0.547. The van der Waals surface area contributed by atoms with Crippen molar-refractivity contribution < 1.29 is 13.9 Å². The average Bonchev–Trinajstić information content (AvgIpc) is 3.42. The fourth-order valence-electron chi connectivity index (χ4n) is 3.10. The van der Waals surface area contributed by atoms with E-state index in [2.05, 4.69) is 25.6 Å². The van der Waals surface area contributed by atoms with Gasteiger partial charge in [-0.05, 0) is 19.4 Å². The number of benzene rings is 1. The van der Waals surface area contributed by atoms with Crippen LogP contribution in [-0.4, -0.2) is 44.7 Å². The van der Waals surface area contributed by atoms with Gasteiger partial charge in [-0.15, -0.1) is 0 Å². The highest BCUT2D eigenvalue weighted by molar-refractivity contribution is 7.59. The number of amides is 1. The fourth-order valence-corrected chi connectivity index (χ4v) is 3.30. The zero-order valence-corrected chi connectivity index (χ0v) is 18.5. The maximum atomic E-state index is 14.0. The van der Waals surface area contributed by atoms with Crippen molar-refractivity contribution in [2.24, 2.45) is 0 Å². The van der Waals surface area contributed by atoms with Crippen molar-refractivity contribution in [2.45, 2.75) is 25.9 Å². The fraction of sp³-hybridized carbons (Fsp3) is 0.300. The highest BCUT2D eigenvalue weighted by Crippen LogP contribution is 2.18. The molecule has 1 unspecified atom stereocenters. The van der Waals surface area contributed by atoms with Crippen LogP contribution in [0.1, 0.15) is 28.0 Å². The van der Waals surface area contributed by atoms with E-state index in [0.717, 1.165) is 18.6 Å². The summed E-state index contributed by atoms with van der Waals surface area (Å²) in [6, 6.07) is 4.82. The van der Waals surface area contributed by atoms with Gasteiger partial charge in [-0.2, -0.15) is 18.5 Å². The molecule has 0 spiro atoms. The zero-order valence-electron chi connectivity index (χ0n) is 16.7. The van der Waals surface area contributed by atoms with Gasteiger partial charge < -0.3 is 15.4 Å². The summed E-state index contributed by atoms with van der Waals surface area (Å²) < 4.78 is 21.0. The SMILES string of the molecule is Cc1cnc(NC2CCOC2)nc1-n1cnc(C(=O)NCc2cccc(Cl)c2F)c1.S. The van der Waals surface area contributed by atoms with Crippen molar-refractivity contribution in [3.63, 3.8) is 0 Å². The Balaban J connectivity index is 0.00000272. The van der Waals surface area contributed by atoms with Crippen LogP contribution in [0.2, 0.25) is 5.02 Å². The van der Waals surface area contributed by atoms with Gasteiger partial charge in [-0.25, -0.2) is 14.4 Å². The molecule has 0 saturated carbocycles. The Hall–Kier alpha value is -2.69. The number of hydrogen-bond donors (Lipinski definition) is 2. The number of aromatic nitrogens is 4. The number of carbonyl (C=O) groups excluding carboxylic acids is 1. The van der Waals surface area contributed by atoms with Gasteiger partial charge in [0, 0.05) is 36.7 Å². The first-order valence-electron chi connectivity index (χ1n) is 9.44. The third-order valence-corrected chi connectivity index (χ3v) is 5.03. The molecule has 2 N–H and O–H groups in total. The number of carbonyl (C=O) groups is 1. The van der Waals surface area contributed by atoms with Gasteiger partial charge in [0.1, 0.15) is 23.7 Å². The molecule has 1 amide bonds. The van der Waals surface area contributed by atoms with Crippen LogP contribution >= 0.6 is 25.1 Å². The van der Waals surface area contributed by atoms with Crippen LogP contribution in [0.15, 0.2) is 36.9 Å². The normalized spacial score (nSPS) is 15.4. The number of halogens is 2. The molecular weight excluding hydrogens is 443 g/mol. The number of imidazole rings is 1. The largest absolute Gasteiger partial charge is 0.379 e. The first kappa shape index (κ1) is 23.0. The minimum absolute atomic E-state index is 0. The first-order chi connectivity index (χ1) is 14.5. The topological polar surface area (TPSA) is 94.0 Å². The lowest BCUT2D eigenvalue weighted by Crippen LogP contribution is -2.23. The lowest BCUT2D eigenvalue weighted by Gasteiger charge is -2.12. The Morgan fingerprint density at radius 2 is 2.23 bits per heavy atom. The van der Waals surface area contributed by atoms with Gasteiger partial charge in [-0.3, -0.25) is 9.36 Å². The maximum Gasteiger partial charge on any atom is 0.271 e. The van der Waals surface area contributed by atoms with E-state index in [0.29, 0.717) is 23.9 Å². The lowest BCUT2D eigenvalue weighted by molar-refractivity contribution is 0.0946. The molecule has 1 aromatic carbocycles. The van der Waals surface area contributed by atoms with Crippen molar-refractivity contribution in [1.29, 1.82) is 0 Å². The monoisotopic (exact) mass is 464 g/mol. The van der Waals surface area contributed by atoms with Gasteiger partial charge in [0.05, 0.1) is 17.7 Å². The molecule has 1 saturated heterocycles. The standard InChI is InChI=1S/C20H20ClFN6O2.H2S/c1-12-7-24-20(26-14-5-6-30-10-14)27-18(12)28-9-16(25-11-28)19(29)23-8-13-3-2-4-15(21)17(13)22;/h2-4,7,9,11,14H,5-6,8,10H2,1H3,(H,23,29)(H,24,26,27);1H2. The smallest absolute Gasteiger partial charge is 0.271 e. The van der Waals surface area contributed by atoms with Crippen molar-refractivity contribution in [2.75, 3.05) is 18.5 Å². The van der Waals surface area contributed by atoms with E-state index in [1.165, 1.54) is 12.4 Å². The molecule has 3 aromatic rings. The molecule has 31 heavy (non-hydrogen) atoms. The van der Waals surface area contributed by atoms with E-state index in [4.69, 9.17) is 16.3 Å². The van der Waals surface area contributed by atoms with Crippen LogP contribution in [0.3, 0.4) is 0 Å². The highest BCUT2D eigenvalue weighted by Gasteiger charge is 2.18. The second kappa shape index (κ2) is 10.1. The van der Waals surface area contributed by atoms with Gasteiger partial charge in [0.2, 0.25) is 5.95 Å². The summed E-state index contributed by atoms with van der Waals surface area (Å²) in [6.07, 6.45) is 5.69. The van der Waals surface area contributed by atoms with Crippen molar-refractivity contribution >= 4 is 37.0 Å². The Bertz CT molecular complexity index is 1070. The van der Waals surface area contributed by atoms with Gasteiger partial charge in [0.25, 0.3) is 5.91 Å². The van der Waals surface area contributed by atoms with E-state index < -0.39 is 11.7 Å². The molecule has 8 nitrogen and oxygen atoms in total. The van der Waals surface area contributed by atoms with E-state index in [-0.39, 0.29) is 36.8 Å². The maximum absolute atomic E-state index is 14.0. The summed E-state index contributed by atoms with van der Waals surface area (Å²) in [6.45, 7) is 3.21. The minimum Gasteiger partial charge on any atom is -0.379 e. The van der Waals surface area contributed by atoms with Gasteiger partial charge >= 0.3 is 0 Å². The van der Waals surface area contributed by atoms with Crippen LogP contribution in [0.25, 0.3) is 5.82 Å². The summed E-state index contributed by atoms with van der Waals surface area (Å²) in [4.78, 5) is 25.4. The molecule has 0 aliphatic carbocycles. The van der Waals surface area contributed by atoms with Crippen LogP contribution < -0.4 is 10.6 Å². The Morgan fingerprint density at radius 3 is 3.00 bits per heavy atom. The molecule has 0 bridgehead atoms. The van der Waals surface area contributed by atoms with E-state index >= 15 is 0 Å². The molecule has 1 aliphatic heterocycles. The van der Waals surface area contributed by atoms with Crippen LogP contribution in [-0.2, 0) is 11.3 Å². The Morgan fingerprint density at radius 1 is 1.39 bits per heavy atom. The van der Waals surface area contributed by atoms with Gasteiger partial charge in [0.15, 0.2) is 0 Å². The molecule has 3 heterocycles. The Labute approximate surface area is 190 Å². The summed E-state index contributed by atoms with van der Waals surface area (Å²) in [7, 11) is 0. The van der Waals surface area contributed by atoms with Crippen molar-refractivity contribution in [1.82, 2.24) is 24.8 Å². The molecule has 1 atom stereocenters. The molecule has 11 heteroatoms. The van der Waals surface area contributed by atoms with Crippen LogP contribution in [0.5, 0.6) is 0 Å². The number of hydrogen-bond acceptors (Lipinski definition) is 6. The number of aryl methyl sites for hydroxylation is 1. The third kappa shape index (κ3) is 5.33. The quantitative estimate of drug-likeness (QED) is 0.582. The summed E-state index contributed by atoms with van der Waals surface area (Å²) in [5.41, 5.74) is 1.32. The number of ether oxygens (including phenoxy) is 1. The summed E-state index contributed by atoms with van der Waals surface area (Å²) in [5, 5.41) is 5.91. The average molecular weight is 465 g/mol. The molecule has 1 fully saturated rings. The van der Waals surface area contributed by atoms with Crippen LogP contribution in [0, 0.1) is 12.7 Å². The van der Waals surface area contributed by atoms with Crippen LogP contribution in [0.4, 0.5) is 10.3 Å². The molecule has 0 radical (unpaired) electrons. The van der Waals surface area contributed by atoms with Crippen molar-refractivity contribution in [3.8, 4) is 5.82 Å². The number of nitrogens with zero attached hydrogens (tertiary/aromatic N) is 4. The number of nitrogens with one attached hydrogen (secondary N) is 2. The third-order valence-electron chi connectivity index (χ3n) is 4.74. The highest BCUT2D eigenvalue weighted by atomic mass is 35.5. The van der Waals surface area contributed by atoms with E-state index in [1.807, 2.05) is 6.92 Å². The summed E-state index contributed by atoms with van der Waals surface area (Å²) >= 11 is 5.77. The number of rotatable bonds is 6. The van der Waals surface area contributed by atoms with Crippen molar-refractivity contribution in [3.05, 3.63) is 64.6 Å². The predicted molar refractivity (Wildman–Crippen MR) is 120 cm³/mol. The van der Waals surface area contributed by atoms with E-state index in [1.54, 1.807) is 29.1 Å². The Kier molecular flexibility index (Phi) is 7.47. The first-order valence-corrected chi connectivity index (χ1v) is 9.82. The van der Waals surface area contributed by atoms with Gasteiger partial charge in [-0.1, -0.05) is 23.7 Å². The second-order valence-corrected chi connectivity index (χ2v) is 7.37. The molecule has 2 aromatic heterocycles. The predicted octanol–water partition coefficient (Wildman–Crippen LogP) is 3.01. The molecule has 164 valence electrons. The second-order valence-electron chi connectivity index (χ2n) is 6.97.